The Balaban J connectivity index is 1.99. The number of likely N-dealkylation sites (tertiary alicyclic amines) is 1. The highest BCUT2D eigenvalue weighted by atomic mass is 16.3. The number of aliphatic hydroxyl groups is 1. The minimum absolute atomic E-state index is 0.0639. The van der Waals surface area contributed by atoms with Crippen molar-refractivity contribution in [1.82, 2.24) is 4.90 Å². The van der Waals surface area contributed by atoms with E-state index in [1.165, 1.54) is 0 Å². The number of nitrogen functional groups attached to an aromatic ring is 1. The van der Waals surface area contributed by atoms with Crippen molar-refractivity contribution in [2.45, 2.75) is 31.8 Å². The Labute approximate surface area is 113 Å². The molecule has 104 valence electrons. The predicted molar refractivity (Wildman–Crippen MR) is 75.8 cm³/mol. The average molecular weight is 263 g/mol. The van der Waals surface area contributed by atoms with Gasteiger partial charge in [0.05, 0.1) is 12.6 Å². The van der Waals surface area contributed by atoms with Crippen LogP contribution in [0.2, 0.25) is 0 Å². The molecule has 1 aliphatic heterocycles. The molecule has 2 rings (SSSR count). The number of rotatable bonds is 4. The third-order valence-corrected chi connectivity index (χ3v) is 3.66. The van der Waals surface area contributed by atoms with E-state index in [0.717, 1.165) is 19.4 Å². The second-order valence-corrected chi connectivity index (χ2v) is 5.01. The Morgan fingerprint density at radius 1 is 1.63 bits per heavy atom. The van der Waals surface area contributed by atoms with Crippen LogP contribution in [0.25, 0.3) is 0 Å². The van der Waals surface area contributed by atoms with E-state index in [4.69, 9.17) is 5.73 Å². The van der Waals surface area contributed by atoms with Crippen LogP contribution in [0.4, 0.5) is 11.4 Å². The maximum absolute atomic E-state index is 12.2. The Bertz CT molecular complexity index is 450. The molecule has 2 unspecified atom stereocenters. The molecule has 0 aliphatic carbocycles. The summed E-state index contributed by atoms with van der Waals surface area (Å²) in [5, 5.41) is 12.2. The largest absolute Gasteiger partial charge is 0.399 e. The van der Waals surface area contributed by atoms with Gasteiger partial charge in [-0.05, 0) is 44.5 Å². The van der Waals surface area contributed by atoms with E-state index >= 15 is 0 Å². The fourth-order valence-electron chi connectivity index (χ4n) is 2.58. The molecule has 0 bridgehead atoms. The van der Waals surface area contributed by atoms with Crippen LogP contribution in [0.5, 0.6) is 0 Å². The van der Waals surface area contributed by atoms with Gasteiger partial charge < -0.3 is 16.2 Å². The quantitative estimate of drug-likeness (QED) is 0.710. The van der Waals surface area contributed by atoms with Gasteiger partial charge in [-0.1, -0.05) is 6.07 Å². The van der Waals surface area contributed by atoms with Crippen molar-refractivity contribution in [3.63, 3.8) is 0 Å². The number of benzene rings is 1. The highest BCUT2D eigenvalue weighted by Gasteiger charge is 2.31. The van der Waals surface area contributed by atoms with Crippen LogP contribution in [0.1, 0.15) is 19.8 Å². The van der Waals surface area contributed by atoms with Crippen LogP contribution >= 0.6 is 0 Å². The molecule has 5 heteroatoms. The average Bonchev–Trinajstić information content (AvgIpc) is 2.86. The minimum atomic E-state index is -0.249. The van der Waals surface area contributed by atoms with Crippen molar-refractivity contribution < 1.29 is 9.90 Å². The van der Waals surface area contributed by atoms with Gasteiger partial charge in [0.2, 0.25) is 5.91 Å². The molecule has 1 aromatic carbocycles. The van der Waals surface area contributed by atoms with E-state index in [-0.39, 0.29) is 24.6 Å². The van der Waals surface area contributed by atoms with Crippen molar-refractivity contribution >= 4 is 17.3 Å². The zero-order valence-electron chi connectivity index (χ0n) is 11.2. The molecular formula is C14H21N3O2. The second-order valence-electron chi connectivity index (χ2n) is 5.01. The van der Waals surface area contributed by atoms with E-state index in [9.17, 15) is 9.90 Å². The Kier molecular flexibility index (Phi) is 4.39. The first-order valence-corrected chi connectivity index (χ1v) is 6.65. The van der Waals surface area contributed by atoms with E-state index in [1.807, 2.05) is 19.1 Å². The fraction of sp³-hybridized carbons (Fsp3) is 0.500. The molecule has 0 spiro atoms. The number of carbonyl (C=O) groups excluding carboxylic acids is 1. The topological polar surface area (TPSA) is 78.6 Å². The van der Waals surface area contributed by atoms with Crippen LogP contribution < -0.4 is 11.1 Å². The van der Waals surface area contributed by atoms with E-state index in [2.05, 4.69) is 10.2 Å². The molecule has 1 heterocycles. The number of nitrogens with zero attached hydrogens (tertiary/aromatic N) is 1. The number of aliphatic hydroxyl groups excluding tert-OH is 1. The lowest BCUT2D eigenvalue weighted by atomic mass is 10.2. The molecule has 19 heavy (non-hydrogen) atoms. The first-order valence-electron chi connectivity index (χ1n) is 6.65. The third-order valence-electron chi connectivity index (χ3n) is 3.66. The first kappa shape index (κ1) is 13.8. The molecule has 0 radical (unpaired) electrons. The molecule has 2 atom stereocenters. The third kappa shape index (κ3) is 3.24. The summed E-state index contributed by atoms with van der Waals surface area (Å²) in [5.41, 5.74) is 7.01. The number of carbonyl (C=O) groups is 1. The minimum Gasteiger partial charge on any atom is -0.399 e. The molecule has 0 aromatic heterocycles. The van der Waals surface area contributed by atoms with Crippen molar-refractivity contribution in [1.29, 1.82) is 0 Å². The SMILES string of the molecule is CC(C(=O)Nc1cccc(N)c1)N1CCCC1CO. The van der Waals surface area contributed by atoms with Crippen LogP contribution in [0, 0.1) is 0 Å². The number of anilines is 2. The van der Waals surface area contributed by atoms with Crippen molar-refractivity contribution in [2.24, 2.45) is 0 Å². The van der Waals surface area contributed by atoms with Crippen LogP contribution in [-0.2, 0) is 4.79 Å². The van der Waals surface area contributed by atoms with Gasteiger partial charge in [-0.25, -0.2) is 0 Å². The summed E-state index contributed by atoms with van der Waals surface area (Å²) in [6.07, 6.45) is 1.98. The number of amides is 1. The second kappa shape index (κ2) is 6.04. The molecule has 5 nitrogen and oxygen atoms in total. The summed E-state index contributed by atoms with van der Waals surface area (Å²) in [6.45, 7) is 2.84. The number of nitrogens with two attached hydrogens (primary N) is 1. The molecule has 0 saturated carbocycles. The normalized spacial score (nSPS) is 21.3. The molecule has 1 aliphatic rings. The summed E-state index contributed by atoms with van der Waals surface area (Å²) in [4.78, 5) is 14.3. The lowest BCUT2D eigenvalue weighted by Gasteiger charge is -2.28. The number of hydrogen-bond acceptors (Lipinski definition) is 4. The van der Waals surface area contributed by atoms with Gasteiger partial charge in [-0.15, -0.1) is 0 Å². The summed E-state index contributed by atoms with van der Waals surface area (Å²) in [5.74, 6) is -0.0639. The lowest BCUT2D eigenvalue weighted by molar-refractivity contribution is -0.121. The Morgan fingerprint density at radius 3 is 3.11 bits per heavy atom. The van der Waals surface area contributed by atoms with Crippen LogP contribution in [-0.4, -0.2) is 41.1 Å². The van der Waals surface area contributed by atoms with Crippen LogP contribution in [0.3, 0.4) is 0 Å². The van der Waals surface area contributed by atoms with Crippen molar-refractivity contribution in [2.75, 3.05) is 24.2 Å². The zero-order valence-corrected chi connectivity index (χ0v) is 11.2. The molecule has 1 fully saturated rings. The van der Waals surface area contributed by atoms with Crippen LogP contribution in [0.15, 0.2) is 24.3 Å². The summed E-state index contributed by atoms with van der Waals surface area (Å²) in [6, 6.07) is 6.98. The first-order chi connectivity index (χ1) is 9.11. The lowest BCUT2D eigenvalue weighted by Crippen LogP contribution is -2.45. The van der Waals surface area contributed by atoms with E-state index in [0.29, 0.717) is 11.4 Å². The number of nitrogens with one attached hydrogen (secondary N) is 1. The van der Waals surface area contributed by atoms with Gasteiger partial charge in [0.25, 0.3) is 0 Å². The smallest absolute Gasteiger partial charge is 0.241 e. The maximum Gasteiger partial charge on any atom is 0.241 e. The van der Waals surface area contributed by atoms with Gasteiger partial charge in [0, 0.05) is 17.4 Å². The Hall–Kier alpha value is -1.59. The highest BCUT2D eigenvalue weighted by Crippen LogP contribution is 2.21. The van der Waals surface area contributed by atoms with Gasteiger partial charge in [-0.2, -0.15) is 0 Å². The van der Waals surface area contributed by atoms with Gasteiger partial charge in [0.15, 0.2) is 0 Å². The standard InChI is InChI=1S/C14H21N3O2/c1-10(17-7-3-6-13(17)9-18)14(19)16-12-5-2-4-11(15)8-12/h2,4-5,8,10,13,18H,3,6-7,9,15H2,1H3,(H,16,19). The summed E-state index contributed by atoms with van der Waals surface area (Å²) >= 11 is 0. The fourth-order valence-corrected chi connectivity index (χ4v) is 2.58. The zero-order chi connectivity index (χ0) is 13.8. The van der Waals surface area contributed by atoms with Gasteiger partial charge >= 0.3 is 0 Å². The monoisotopic (exact) mass is 263 g/mol. The highest BCUT2D eigenvalue weighted by molar-refractivity contribution is 5.94. The molecular weight excluding hydrogens is 242 g/mol. The Morgan fingerprint density at radius 2 is 2.42 bits per heavy atom. The molecule has 1 saturated heterocycles. The summed E-state index contributed by atoms with van der Waals surface area (Å²) < 4.78 is 0. The van der Waals surface area contributed by atoms with Gasteiger partial charge in [0.1, 0.15) is 0 Å². The van der Waals surface area contributed by atoms with Gasteiger partial charge in [-0.3, -0.25) is 9.69 Å². The number of hydrogen-bond donors (Lipinski definition) is 3. The maximum atomic E-state index is 12.2. The molecule has 1 amide bonds. The summed E-state index contributed by atoms with van der Waals surface area (Å²) in [7, 11) is 0. The van der Waals surface area contributed by atoms with E-state index < -0.39 is 0 Å². The predicted octanol–water partition coefficient (Wildman–Crippen LogP) is 1.05. The van der Waals surface area contributed by atoms with Crippen molar-refractivity contribution in [3.8, 4) is 0 Å². The van der Waals surface area contributed by atoms with E-state index in [1.54, 1.807) is 12.1 Å². The molecule has 1 aromatic rings. The molecule has 4 N–H and O–H groups in total. The van der Waals surface area contributed by atoms with Crippen molar-refractivity contribution in [3.05, 3.63) is 24.3 Å².